The molecule has 7 heteroatoms. The monoisotopic (exact) mass is 336 g/mol. The van der Waals surface area contributed by atoms with Crippen molar-refractivity contribution in [1.29, 1.82) is 0 Å². The van der Waals surface area contributed by atoms with E-state index in [1.807, 2.05) is 18.2 Å². The molecule has 2 aromatic rings. The van der Waals surface area contributed by atoms with Gasteiger partial charge in [0.25, 0.3) is 0 Å². The molecule has 0 bridgehead atoms. The summed E-state index contributed by atoms with van der Waals surface area (Å²) in [5.41, 5.74) is 9.60. The highest BCUT2D eigenvalue weighted by Crippen LogP contribution is 2.17. The maximum atomic E-state index is 14.0. The fourth-order valence-corrected chi connectivity index (χ4v) is 2.04. The van der Waals surface area contributed by atoms with Gasteiger partial charge in [-0.3, -0.25) is 5.43 Å². The van der Waals surface area contributed by atoms with E-state index in [4.69, 9.17) is 17.3 Å². The highest BCUT2D eigenvalue weighted by atomic mass is 35.5. The van der Waals surface area contributed by atoms with E-state index in [9.17, 15) is 4.39 Å². The molecule has 0 atom stereocenters. The molecule has 22 heavy (non-hydrogen) atoms. The fourth-order valence-electron chi connectivity index (χ4n) is 1.77. The Hall–Kier alpha value is -2.18. The maximum Gasteiger partial charge on any atom is 0.184 e. The van der Waals surface area contributed by atoms with Crippen LogP contribution in [0.2, 0.25) is 5.02 Å². The number of halogens is 2. The normalized spacial score (nSPS) is 10.6. The lowest BCUT2D eigenvalue weighted by Gasteiger charge is -2.08. The minimum absolute atomic E-state index is 0.0523. The summed E-state index contributed by atoms with van der Waals surface area (Å²) < 4.78 is 14.0. The molecule has 0 aliphatic heterocycles. The molecule has 0 spiro atoms. The number of hydrazone groups is 1. The minimum atomic E-state index is -0.374. The maximum absolute atomic E-state index is 14.0. The quantitative estimate of drug-likeness (QED) is 0.445. The number of nitrogens with one attached hydrogen (secondary N) is 2. The molecule has 114 valence electrons. The first-order valence-electron chi connectivity index (χ1n) is 6.41. The molecule has 0 heterocycles. The van der Waals surface area contributed by atoms with E-state index >= 15 is 0 Å². The van der Waals surface area contributed by atoms with Crippen LogP contribution in [0.1, 0.15) is 11.1 Å². The van der Waals surface area contributed by atoms with E-state index in [2.05, 4.69) is 28.1 Å². The average molecular weight is 337 g/mol. The summed E-state index contributed by atoms with van der Waals surface area (Å²) in [6.45, 7) is 0.480. The van der Waals surface area contributed by atoms with E-state index in [0.717, 1.165) is 5.56 Å². The van der Waals surface area contributed by atoms with Gasteiger partial charge in [-0.05, 0) is 47.6 Å². The molecule has 0 fully saturated rings. The Kier molecular flexibility index (Phi) is 5.68. The molecule has 2 rings (SSSR count). The van der Waals surface area contributed by atoms with Crippen LogP contribution in [0.15, 0.2) is 47.6 Å². The van der Waals surface area contributed by atoms with Crippen molar-refractivity contribution < 1.29 is 4.39 Å². The third-order valence-corrected chi connectivity index (χ3v) is 3.08. The highest BCUT2D eigenvalue weighted by molar-refractivity contribution is 7.80. The van der Waals surface area contributed by atoms with Gasteiger partial charge < -0.3 is 11.1 Å². The molecule has 4 nitrogen and oxygen atoms in total. The Morgan fingerprint density at radius 1 is 1.32 bits per heavy atom. The van der Waals surface area contributed by atoms with Crippen LogP contribution in [0.25, 0.3) is 0 Å². The van der Waals surface area contributed by atoms with Gasteiger partial charge in [-0.2, -0.15) is 5.10 Å². The first-order valence-corrected chi connectivity index (χ1v) is 7.19. The van der Waals surface area contributed by atoms with Crippen LogP contribution < -0.4 is 16.5 Å². The van der Waals surface area contributed by atoms with Gasteiger partial charge in [0.1, 0.15) is 5.82 Å². The van der Waals surface area contributed by atoms with Crippen molar-refractivity contribution in [2.24, 2.45) is 10.8 Å². The second kappa shape index (κ2) is 7.72. The number of anilines is 1. The van der Waals surface area contributed by atoms with E-state index in [1.54, 1.807) is 18.2 Å². The molecule has 0 amide bonds. The largest absolute Gasteiger partial charge is 0.379 e. The van der Waals surface area contributed by atoms with Crippen molar-refractivity contribution >= 4 is 40.8 Å². The third-order valence-electron chi connectivity index (χ3n) is 2.75. The summed E-state index contributed by atoms with van der Waals surface area (Å²) >= 11 is 10.5. The Labute approximate surface area is 138 Å². The summed E-state index contributed by atoms with van der Waals surface area (Å²) in [4.78, 5) is 0. The number of nitrogens with two attached hydrogens (primary N) is 1. The Morgan fingerprint density at radius 3 is 2.82 bits per heavy atom. The molecule has 0 saturated carbocycles. The average Bonchev–Trinajstić information content (AvgIpc) is 2.46. The predicted molar refractivity (Wildman–Crippen MR) is 92.7 cm³/mol. The zero-order chi connectivity index (χ0) is 15.9. The Bertz CT molecular complexity index is 706. The molecule has 0 unspecified atom stereocenters. The number of benzene rings is 2. The first-order chi connectivity index (χ1) is 10.5. The van der Waals surface area contributed by atoms with Gasteiger partial charge in [-0.1, -0.05) is 29.8 Å². The van der Waals surface area contributed by atoms with Gasteiger partial charge in [0.2, 0.25) is 0 Å². The number of rotatable bonds is 5. The summed E-state index contributed by atoms with van der Waals surface area (Å²) in [7, 11) is 0. The van der Waals surface area contributed by atoms with Crippen LogP contribution >= 0.6 is 23.8 Å². The van der Waals surface area contributed by atoms with Gasteiger partial charge in [0, 0.05) is 11.6 Å². The van der Waals surface area contributed by atoms with Crippen molar-refractivity contribution in [2.45, 2.75) is 6.54 Å². The summed E-state index contributed by atoms with van der Waals surface area (Å²) in [6, 6.07) is 12.1. The van der Waals surface area contributed by atoms with Crippen molar-refractivity contribution in [3.05, 3.63) is 64.4 Å². The third kappa shape index (κ3) is 4.98. The van der Waals surface area contributed by atoms with Crippen molar-refractivity contribution in [3.63, 3.8) is 0 Å². The van der Waals surface area contributed by atoms with Crippen molar-refractivity contribution in [3.8, 4) is 0 Å². The number of thiocarbonyl (C=S) groups is 1. The van der Waals surface area contributed by atoms with Gasteiger partial charge in [0.05, 0.1) is 11.9 Å². The number of nitrogens with zero attached hydrogens (tertiary/aromatic N) is 1. The highest BCUT2D eigenvalue weighted by Gasteiger charge is 2.03. The molecule has 0 aromatic heterocycles. The first kappa shape index (κ1) is 16.2. The van der Waals surface area contributed by atoms with Crippen LogP contribution in [0.3, 0.4) is 0 Å². The second-order valence-corrected chi connectivity index (χ2v) is 5.33. The Balaban J connectivity index is 2.00. The smallest absolute Gasteiger partial charge is 0.184 e. The van der Waals surface area contributed by atoms with Crippen molar-refractivity contribution in [2.75, 3.05) is 5.32 Å². The topological polar surface area (TPSA) is 62.4 Å². The van der Waals surface area contributed by atoms with Gasteiger partial charge in [-0.25, -0.2) is 4.39 Å². The summed E-state index contributed by atoms with van der Waals surface area (Å²) in [5.74, 6) is -0.374. The van der Waals surface area contributed by atoms with Crippen LogP contribution in [-0.4, -0.2) is 11.3 Å². The molecule has 2 aromatic carbocycles. The van der Waals surface area contributed by atoms with E-state index in [0.29, 0.717) is 22.8 Å². The fraction of sp³-hybridized carbons (Fsp3) is 0.0667. The standard InChI is InChI=1S/C15H14ClFN4S/c16-12-3-1-2-10(6-12)8-19-14-5-4-11(7-13(14)17)9-20-21-15(18)22/h1-7,9,19H,8H2,(H3,18,21,22). The van der Waals surface area contributed by atoms with Gasteiger partial charge in [-0.15, -0.1) is 0 Å². The lowest BCUT2D eigenvalue weighted by Crippen LogP contribution is -2.23. The lowest BCUT2D eigenvalue weighted by molar-refractivity contribution is 0.630. The number of hydrogen-bond acceptors (Lipinski definition) is 3. The van der Waals surface area contributed by atoms with E-state index in [-0.39, 0.29) is 10.9 Å². The van der Waals surface area contributed by atoms with Crippen LogP contribution in [-0.2, 0) is 6.54 Å². The van der Waals surface area contributed by atoms with Gasteiger partial charge >= 0.3 is 0 Å². The predicted octanol–water partition coefficient (Wildman–Crippen LogP) is 3.26. The molecule has 0 saturated heterocycles. The minimum Gasteiger partial charge on any atom is -0.379 e. The lowest BCUT2D eigenvalue weighted by atomic mass is 10.2. The molecule has 0 aliphatic rings. The SMILES string of the molecule is NC(=S)NN=Cc1ccc(NCc2cccc(Cl)c2)c(F)c1. The molecule has 0 radical (unpaired) electrons. The van der Waals surface area contributed by atoms with Crippen LogP contribution in [0.4, 0.5) is 10.1 Å². The summed E-state index contributed by atoms with van der Waals surface area (Å²) in [5, 5.41) is 7.50. The Morgan fingerprint density at radius 2 is 2.14 bits per heavy atom. The van der Waals surface area contributed by atoms with E-state index < -0.39 is 0 Å². The van der Waals surface area contributed by atoms with Crippen molar-refractivity contribution in [1.82, 2.24) is 5.43 Å². The molecular formula is C15H14ClFN4S. The second-order valence-electron chi connectivity index (χ2n) is 4.46. The zero-order valence-corrected chi connectivity index (χ0v) is 13.1. The molecule has 4 N–H and O–H groups in total. The van der Waals surface area contributed by atoms with E-state index in [1.165, 1.54) is 12.3 Å². The van der Waals surface area contributed by atoms with Crippen LogP contribution in [0.5, 0.6) is 0 Å². The van der Waals surface area contributed by atoms with Gasteiger partial charge in [0.15, 0.2) is 5.11 Å². The zero-order valence-electron chi connectivity index (χ0n) is 11.5. The molecular weight excluding hydrogens is 323 g/mol. The molecule has 0 aliphatic carbocycles. The summed E-state index contributed by atoms with van der Waals surface area (Å²) in [6.07, 6.45) is 1.43. The van der Waals surface area contributed by atoms with Crippen LogP contribution in [0, 0.1) is 5.82 Å². The number of hydrogen-bond donors (Lipinski definition) is 3.